The van der Waals surface area contributed by atoms with Gasteiger partial charge < -0.3 is 14.4 Å². The van der Waals surface area contributed by atoms with Crippen molar-refractivity contribution in [3.05, 3.63) is 48.4 Å². The number of ether oxygens (including phenoxy) is 2. The molecule has 0 N–H and O–H groups in total. The minimum atomic E-state index is -0.0348. The lowest BCUT2D eigenvalue weighted by atomic mass is 10.2. The number of pyridine rings is 2. The van der Waals surface area contributed by atoms with E-state index in [0.717, 1.165) is 12.2 Å². The summed E-state index contributed by atoms with van der Waals surface area (Å²) < 4.78 is 10.8. The normalized spacial score (nSPS) is 17.3. The fourth-order valence-corrected chi connectivity index (χ4v) is 2.43. The predicted octanol–water partition coefficient (Wildman–Crippen LogP) is 1.78. The molecule has 114 valence electrons. The van der Waals surface area contributed by atoms with Gasteiger partial charge in [0.25, 0.3) is 5.91 Å². The highest BCUT2D eigenvalue weighted by molar-refractivity contribution is 5.94. The lowest BCUT2D eigenvalue weighted by molar-refractivity contribution is 0.0772. The Morgan fingerprint density at radius 3 is 2.91 bits per heavy atom. The second-order valence-electron chi connectivity index (χ2n) is 5.06. The zero-order valence-electron chi connectivity index (χ0n) is 12.3. The third-order valence-electron chi connectivity index (χ3n) is 3.56. The van der Waals surface area contributed by atoms with E-state index in [0.29, 0.717) is 24.5 Å². The standard InChI is InChI=1S/C16H17N3O3/c1-21-15-5-4-12(9-18-15)16(20)19-8-6-14(11-19)22-13-3-2-7-17-10-13/h2-5,7,9-10,14H,6,8,11H2,1H3. The first-order valence-corrected chi connectivity index (χ1v) is 7.12. The fourth-order valence-electron chi connectivity index (χ4n) is 2.43. The number of hydrogen-bond acceptors (Lipinski definition) is 5. The largest absolute Gasteiger partial charge is 0.487 e. The first-order chi connectivity index (χ1) is 10.8. The first-order valence-electron chi connectivity index (χ1n) is 7.12. The molecule has 0 aromatic carbocycles. The third kappa shape index (κ3) is 3.16. The smallest absolute Gasteiger partial charge is 0.255 e. The van der Waals surface area contributed by atoms with E-state index in [-0.39, 0.29) is 12.0 Å². The molecule has 1 amide bonds. The van der Waals surface area contributed by atoms with Gasteiger partial charge in [0.2, 0.25) is 5.88 Å². The lowest BCUT2D eigenvalue weighted by Crippen LogP contribution is -2.31. The molecule has 2 aromatic rings. The van der Waals surface area contributed by atoms with Crippen molar-refractivity contribution in [2.45, 2.75) is 12.5 Å². The van der Waals surface area contributed by atoms with E-state index in [1.54, 1.807) is 36.5 Å². The molecule has 1 saturated heterocycles. The van der Waals surface area contributed by atoms with Crippen molar-refractivity contribution in [2.75, 3.05) is 20.2 Å². The average molecular weight is 299 g/mol. The molecule has 1 fully saturated rings. The minimum Gasteiger partial charge on any atom is -0.487 e. The number of methoxy groups -OCH3 is 1. The SMILES string of the molecule is COc1ccc(C(=O)N2CCC(Oc3cccnc3)C2)cn1. The monoisotopic (exact) mass is 299 g/mol. The molecular weight excluding hydrogens is 282 g/mol. The van der Waals surface area contributed by atoms with Gasteiger partial charge in [-0.15, -0.1) is 0 Å². The van der Waals surface area contributed by atoms with Crippen LogP contribution in [0.2, 0.25) is 0 Å². The van der Waals surface area contributed by atoms with Crippen molar-refractivity contribution in [1.82, 2.24) is 14.9 Å². The van der Waals surface area contributed by atoms with Crippen molar-refractivity contribution in [2.24, 2.45) is 0 Å². The highest BCUT2D eigenvalue weighted by atomic mass is 16.5. The molecular formula is C16H17N3O3. The highest BCUT2D eigenvalue weighted by Gasteiger charge is 2.28. The zero-order chi connectivity index (χ0) is 15.4. The summed E-state index contributed by atoms with van der Waals surface area (Å²) in [6.07, 6.45) is 5.73. The van der Waals surface area contributed by atoms with Crippen LogP contribution in [0.15, 0.2) is 42.9 Å². The van der Waals surface area contributed by atoms with Crippen LogP contribution in [0.4, 0.5) is 0 Å². The maximum absolute atomic E-state index is 12.4. The van der Waals surface area contributed by atoms with Gasteiger partial charge in [-0.1, -0.05) is 0 Å². The second-order valence-corrected chi connectivity index (χ2v) is 5.06. The van der Waals surface area contributed by atoms with Crippen LogP contribution in [0.1, 0.15) is 16.8 Å². The Morgan fingerprint density at radius 1 is 1.32 bits per heavy atom. The molecule has 6 heteroatoms. The van der Waals surface area contributed by atoms with E-state index in [2.05, 4.69) is 9.97 Å². The Morgan fingerprint density at radius 2 is 2.23 bits per heavy atom. The van der Waals surface area contributed by atoms with Gasteiger partial charge in [-0.25, -0.2) is 4.98 Å². The Labute approximate surface area is 128 Å². The Hall–Kier alpha value is -2.63. The molecule has 3 heterocycles. The summed E-state index contributed by atoms with van der Waals surface area (Å²) in [6, 6.07) is 7.11. The molecule has 0 bridgehead atoms. The lowest BCUT2D eigenvalue weighted by Gasteiger charge is -2.17. The van der Waals surface area contributed by atoms with Crippen molar-refractivity contribution < 1.29 is 14.3 Å². The number of likely N-dealkylation sites (tertiary alicyclic amines) is 1. The number of carbonyl (C=O) groups excluding carboxylic acids is 1. The van der Waals surface area contributed by atoms with Crippen LogP contribution >= 0.6 is 0 Å². The summed E-state index contributed by atoms with van der Waals surface area (Å²) in [5, 5.41) is 0. The van der Waals surface area contributed by atoms with Crippen LogP contribution in [0.25, 0.3) is 0 Å². The molecule has 0 radical (unpaired) electrons. The number of nitrogens with zero attached hydrogens (tertiary/aromatic N) is 3. The predicted molar refractivity (Wildman–Crippen MR) is 80.0 cm³/mol. The summed E-state index contributed by atoms with van der Waals surface area (Å²) in [6.45, 7) is 1.25. The Kier molecular flexibility index (Phi) is 4.18. The first kappa shape index (κ1) is 14.3. The van der Waals surface area contributed by atoms with Gasteiger partial charge in [-0.3, -0.25) is 9.78 Å². The van der Waals surface area contributed by atoms with Gasteiger partial charge in [0, 0.05) is 31.4 Å². The van der Waals surface area contributed by atoms with Gasteiger partial charge in [-0.05, 0) is 18.2 Å². The molecule has 0 saturated carbocycles. The van der Waals surface area contributed by atoms with E-state index >= 15 is 0 Å². The van der Waals surface area contributed by atoms with E-state index in [1.807, 2.05) is 12.1 Å². The van der Waals surface area contributed by atoms with E-state index < -0.39 is 0 Å². The number of carbonyl (C=O) groups is 1. The van der Waals surface area contributed by atoms with E-state index in [1.165, 1.54) is 6.20 Å². The number of amides is 1. The molecule has 1 aliphatic rings. The van der Waals surface area contributed by atoms with Crippen molar-refractivity contribution in [3.8, 4) is 11.6 Å². The molecule has 1 atom stereocenters. The summed E-state index contributed by atoms with van der Waals surface area (Å²) in [7, 11) is 1.55. The molecule has 0 spiro atoms. The van der Waals surface area contributed by atoms with Gasteiger partial charge in [0.1, 0.15) is 11.9 Å². The average Bonchev–Trinajstić information content (AvgIpc) is 3.04. The second kappa shape index (κ2) is 6.43. The maximum Gasteiger partial charge on any atom is 0.255 e. The van der Waals surface area contributed by atoms with Crippen LogP contribution in [0.5, 0.6) is 11.6 Å². The van der Waals surface area contributed by atoms with Gasteiger partial charge in [0.05, 0.1) is 25.4 Å². The molecule has 22 heavy (non-hydrogen) atoms. The molecule has 1 aliphatic heterocycles. The Bertz CT molecular complexity index is 631. The minimum absolute atomic E-state index is 0.000595. The summed E-state index contributed by atoms with van der Waals surface area (Å²) in [4.78, 5) is 22.3. The van der Waals surface area contributed by atoms with Gasteiger partial charge >= 0.3 is 0 Å². The molecule has 0 aliphatic carbocycles. The van der Waals surface area contributed by atoms with E-state index in [4.69, 9.17) is 9.47 Å². The van der Waals surface area contributed by atoms with Crippen LogP contribution in [0.3, 0.4) is 0 Å². The van der Waals surface area contributed by atoms with Crippen LogP contribution in [0, 0.1) is 0 Å². The molecule has 6 nitrogen and oxygen atoms in total. The molecule has 1 unspecified atom stereocenters. The van der Waals surface area contributed by atoms with Crippen molar-refractivity contribution in [3.63, 3.8) is 0 Å². The molecule has 3 rings (SSSR count). The zero-order valence-corrected chi connectivity index (χ0v) is 12.3. The van der Waals surface area contributed by atoms with E-state index in [9.17, 15) is 4.79 Å². The van der Waals surface area contributed by atoms with Crippen LogP contribution in [-0.4, -0.2) is 47.1 Å². The van der Waals surface area contributed by atoms with Gasteiger partial charge in [0.15, 0.2) is 0 Å². The van der Waals surface area contributed by atoms with Crippen LogP contribution < -0.4 is 9.47 Å². The fraction of sp³-hybridized carbons (Fsp3) is 0.312. The number of hydrogen-bond donors (Lipinski definition) is 0. The topological polar surface area (TPSA) is 64.5 Å². The van der Waals surface area contributed by atoms with Crippen molar-refractivity contribution >= 4 is 5.91 Å². The quantitative estimate of drug-likeness (QED) is 0.861. The third-order valence-corrected chi connectivity index (χ3v) is 3.56. The highest BCUT2D eigenvalue weighted by Crippen LogP contribution is 2.19. The number of rotatable bonds is 4. The summed E-state index contributed by atoms with van der Waals surface area (Å²) in [5.74, 6) is 1.19. The van der Waals surface area contributed by atoms with Crippen LogP contribution in [-0.2, 0) is 0 Å². The summed E-state index contributed by atoms with van der Waals surface area (Å²) >= 11 is 0. The Balaban J connectivity index is 1.60. The molecule has 2 aromatic heterocycles. The number of aromatic nitrogens is 2. The maximum atomic E-state index is 12.4. The van der Waals surface area contributed by atoms with Crippen molar-refractivity contribution in [1.29, 1.82) is 0 Å². The summed E-state index contributed by atoms with van der Waals surface area (Å²) in [5.41, 5.74) is 0.558. The van der Waals surface area contributed by atoms with Gasteiger partial charge in [-0.2, -0.15) is 0 Å².